The number of amides is 2. The van der Waals surface area contributed by atoms with Crippen LogP contribution in [0.2, 0.25) is 0 Å². The van der Waals surface area contributed by atoms with E-state index in [1.54, 1.807) is 14.2 Å². The summed E-state index contributed by atoms with van der Waals surface area (Å²) in [5, 5.41) is 2.87. The lowest BCUT2D eigenvalue weighted by Gasteiger charge is -2.16. The topological polar surface area (TPSA) is 58.6 Å². The number of methoxy groups -OCH3 is 1. The third-order valence-corrected chi connectivity index (χ3v) is 4.13. The van der Waals surface area contributed by atoms with Crippen molar-refractivity contribution in [3.63, 3.8) is 0 Å². The van der Waals surface area contributed by atoms with E-state index in [0.29, 0.717) is 11.8 Å². The number of likely N-dealkylation sites (N-methyl/N-ethyl adjacent to an activating group) is 1. The molecule has 0 saturated heterocycles. The molecule has 5 nitrogen and oxygen atoms in total. The number of nitrogens with zero attached hydrogens (tertiary/aromatic N) is 1. The molecule has 6 heteroatoms. The van der Waals surface area contributed by atoms with Gasteiger partial charge in [0.25, 0.3) is 0 Å². The number of carbonyl (C=O) groups is 2. The predicted octanol–water partition coefficient (Wildman–Crippen LogP) is 1.52. The maximum atomic E-state index is 12.0. The van der Waals surface area contributed by atoms with Gasteiger partial charge < -0.3 is 15.0 Å². The molecule has 21 heavy (non-hydrogen) atoms. The van der Waals surface area contributed by atoms with Gasteiger partial charge in [-0.2, -0.15) is 0 Å². The van der Waals surface area contributed by atoms with Gasteiger partial charge in [0, 0.05) is 18.0 Å². The maximum Gasteiger partial charge on any atom is 0.239 e. The van der Waals surface area contributed by atoms with E-state index < -0.39 is 0 Å². The highest BCUT2D eigenvalue weighted by atomic mass is 32.2. The molecule has 0 aliphatic heterocycles. The molecule has 0 spiro atoms. The lowest BCUT2D eigenvalue weighted by atomic mass is 10.3. The van der Waals surface area contributed by atoms with Crippen molar-refractivity contribution in [2.45, 2.75) is 23.8 Å². The van der Waals surface area contributed by atoms with Crippen LogP contribution >= 0.6 is 11.8 Å². The third-order valence-electron chi connectivity index (χ3n) is 3.15. The van der Waals surface area contributed by atoms with Gasteiger partial charge in [0.2, 0.25) is 11.8 Å². The minimum absolute atomic E-state index is 0.0613. The molecule has 1 saturated carbocycles. The van der Waals surface area contributed by atoms with Crippen molar-refractivity contribution in [1.82, 2.24) is 10.2 Å². The quantitative estimate of drug-likeness (QED) is 0.776. The lowest BCUT2D eigenvalue weighted by molar-refractivity contribution is -0.132. The average Bonchev–Trinajstić information content (AvgIpc) is 3.28. The zero-order valence-electron chi connectivity index (χ0n) is 12.3. The molecule has 0 aromatic heterocycles. The summed E-state index contributed by atoms with van der Waals surface area (Å²) in [7, 11) is 3.27. The molecule has 1 aromatic carbocycles. The van der Waals surface area contributed by atoms with Crippen LogP contribution in [0.1, 0.15) is 12.8 Å². The Bertz CT molecular complexity index is 517. The van der Waals surface area contributed by atoms with Crippen LogP contribution in [0, 0.1) is 0 Å². The van der Waals surface area contributed by atoms with Crippen LogP contribution in [0.4, 0.5) is 0 Å². The standard InChI is InChI=1S/C15H20N2O3S/c1-17(9-14(18)16-11-6-7-11)15(19)10-21-13-5-3-4-12(8-13)20-2/h3-5,8,11H,6-7,9-10H2,1-2H3,(H,16,18). The SMILES string of the molecule is COc1cccc(SCC(=O)N(C)CC(=O)NC2CC2)c1. The fourth-order valence-electron chi connectivity index (χ4n) is 1.75. The summed E-state index contributed by atoms with van der Waals surface area (Å²) in [6.07, 6.45) is 2.10. The van der Waals surface area contributed by atoms with E-state index in [1.807, 2.05) is 24.3 Å². The normalized spacial score (nSPS) is 13.6. The van der Waals surface area contributed by atoms with Crippen LogP contribution in [-0.2, 0) is 9.59 Å². The Hall–Kier alpha value is -1.69. The molecule has 0 atom stereocenters. The molecule has 0 bridgehead atoms. The Kier molecular flexibility index (Phi) is 5.50. The van der Waals surface area contributed by atoms with Gasteiger partial charge in [-0.15, -0.1) is 11.8 Å². The molecular formula is C15H20N2O3S. The molecule has 1 aromatic rings. The number of carbonyl (C=O) groups excluding carboxylic acids is 2. The minimum atomic E-state index is -0.0836. The summed E-state index contributed by atoms with van der Waals surface area (Å²) in [5.41, 5.74) is 0. The monoisotopic (exact) mass is 308 g/mol. The summed E-state index contributed by atoms with van der Waals surface area (Å²) >= 11 is 1.44. The summed E-state index contributed by atoms with van der Waals surface area (Å²) in [4.78, 5) is 26.1. The van der Waals surface area contributed by atoms with Crippen molar-refractivity contribution in [2.24, 2.45) is 0 Å². The highest BCUT2D eigenvalue weighted by Crippen LogP contribution is 2.23. The van der Waals surface area contributed by atoms with Crippen LogP contribution in [-0.4, -0.2) is 49.2 Å². The van der Waals surface area contributed by atoms with Crippen LogP contribution < -0.4 is 10.1 Å². The van der Waals surface area contributed by atoms with E-state index in [-0.39, 0.29) is 18.4 Å². The molecule has 1 aliphatic carbocycles. The number of hydrogen-bond donors (Lipinski definition) is 1. The van der Waals surface area contributed by atoms with Gasteiger partial charge in [-0.3, -0.25) is 9.59 Å². The van der Waals surface area contributed by atoms with Gasteiger partial charge in [-0.1, -0.05) is 6.07 Å². The van der Waals surface area contributed by atoms with Crippen molar-refractivity contribution in [2.75, 3.05) is 26.5 Å². The summed E-state index contributed by atoms with van der Waals surface area (Å²) in [5.74, 6) is 0.929. The van der Waals surface area contributed by atoms with Crippen molar-refractivity contribution in [1.29, 1.82) is 0 Å². The van der Waals surface area contributed by atoms with Crippen LogP contribution in [0.25, 0.3) is 0 Å². The van der Waals surface area contributed by atoms with Gasteiger partial charge >= 0.3 is 0 Å². The van der Waals surface area contributed by atoms with Gasteiger partial charge in [0.1, 0.15) is 5.75 Å². The molecule has 0 heterocycles. The Labute approximate surface area is 129 Å². The van der Waals surface area contributed by atoms with E-state index in [2.05, 4.69) is 5.32 Å². The number of ether oxygens (including phenoxy) is 1. The van der Waals surface area contributed by atoms with E-state index in [9.17, 15) is 9.59 Å². The number of thioether (sulfide) groups is 1. The van der Waals surface area contributed by atoms with Gasteiger partial charge in [-0.05, 0) is 31.0 Å². The fourth-order valence-corrected chi connectivity index (χ4v) is 2.64. The largest absolute Gasteiger partial charge is 0.497 e. The molecule has 114 valence electrons. The van der Waals surface area contributed by atoms with Crippen LogP contribution in [0.5, 0.6) is 5.75 Å². The van der Waals surface area contributed by atoms with Crippen LogP contribution in [0.3, 0.4) is 0 Å². The highest BCUT2D eigenvalue weighted by molar-refractivity contribution is 8.00. The Morgan fingerprint density at radius 3 is 2.86 bits per heavy atom. The maximum absolute atomic E-state index is 12.0. The van der Waals surface area contributed by atoms with Crippen molar-refractivity contribution in [3.05, 3.63) is 24.3 Å². The van der Waals surface area contributed by atoms with Crippen molar-refractivity contribution in [3.8, 4) is 5.75 Å². The zero-order valence-corrected chi connectivity index (χ0v) is 13.1. The van der Waals surface area contributed by atoms with Gasteiger partial charge in [0.05, 0.1) is 19.4 Å². The number of rotatable bonds is 7. The average molecular weight is 308 g/mol. The van der Waals surface area contributed by atoms with Crippen LogP contribution in [0.15, 0.2) is 29.2 Å². The van der Waals surface area contributed by atoms with Crippen molar-refractivity contribution >= 4 is 23.6 Å². The molecular weight excluding hydrogens is 288 g/mol. The molecule has 2 rings (SSSR count). The second-order valence-corrected chi connectivity index (χ2v) is 6.11. The smallest absolute Gasteiger partial charge is 0.239 e. The van der Waals surface area contributed by atoms with E-state index in [0.717, 1.165) is 23.5 Å². The van der Waals surface area contributed by atoms with Gasteiger partial charge in [0.15, 0.2) is 0 Å². The summed E-state index contributed by atoms with van der Waals surface area (Å²) in [6, 6.07) is 7.89. The second-order valence-electron chi connectivity index (χ2n) is 5.06. The molecule has 2 amide bonds. The first-order chi connectivity index (χ1) is 10.1. The molecule has 1 fully saturated rings. The predicted molar refractivity (Wildman–Crippen MR) is 82.5 cm³/mol. The fraction of sp³-hybridized carbons (Fsp3) is 0.467. The second kappa shape index (κ2) is 7.36. The van der Waals surface area contributed by atoms with Gasteiger partial charge in [-0.25, -0.2) is 0 Å². The number of nitrogens with one attached hydrogen (secondary N) is 1. The Morgan fingerprint density at radius 2 is 2.19 bits per heavy atom. The number of hydrogen-bond acceptors (Lipinski definition) is 4. The molecule has 1 N–H and O–H groups in total. The molecule has 0 unspecified atom stereocenters. The highest BCUT2D eigenvalue weighted by Gasteiger charge is 2.24. The Morgan fingerprint density at radius 1 is 1.43 bits per heavy atom. The third kappa shape index (κ3) is 5.30. The van der Waals surface area contributed by atoms with E-state index in [4.69, 9.17) is 4.74 Å². The number of benzene rings is 1. The van der Waals surface area contributed by atoms with Crippen molar-refractivity contribution < 1.29 is 14.3 Å². The first-order valence-corrected chi connectivity index (χ1v) is 7.87. The zero-order chi connectivity index (χ0) is 15.2. The molecule has 1 aliphatic rings. The first kappa shape index (κ1) is 15.7. The Balaban J connectivity index is 1.75. The summed E-state index contributed by atoms with van der Waals surface area (Å²) < 4.78 is 5.14. The van der Waals surface area contributed by atoms with E-state index >= 15 is 0 Å². The summed E-state index contributed by atoms with van der Waals surface area (Å²) in [6.45, 7) is 0.119. The van der Waals surface area contributed by atoms with E-state index in [1.165, 1.54) is 16.7 Å². The minimum Gasteiger partial charge on any atom is -0.497 e. The lowest BCUT2D eigenvalue weighted by Crippen LogP contribution is -2.39. The molecule has 0 radical (unpaired) electrons. The first-order valence-electron chi connectivity index (χ1n) is 6.88.